The number of anilines is 2. The van der Waals surface area contributed by atoms with Crippen molar-refractivity contribution in [3.63, 3.8) is 0 Å². The number of ether oxygens (including phenoxy) is 3. The van der Waals surface area contributed by atoms with Gasteiger partial charge in [0, 0.05) is 49.8 Å². The number of piperazine rings is 1. The lowest BCUT2D eigenvalue weighted by Crippen LogP contribution is -2.55. The number of aryl methyl sites for hydroxylation is 1. The number of alkyl halides is 2. The van der Waals surface area contributed by atoms with Crippen LogP contribution < -0.4 is 14.5 Å². The van der Waals surface area contributed by atoms with E-state index in [-0.39, 0.29) is 44.5 Å². The van der Waals surface area contributed by atoms with Gasteiger partial charge in [-0.2, -0.15) is 20.3 Å². The maximum atomic E-state index is 13.4. The normalized spacial score (nSPS) is 21.7. The Balaban J connectivity index is 1.07. The maximum absolute atomic E-state index is 13.4. The van der Waals surface area contributed by atoms with Crippen molar-refractivity contribution in [3.8, 4) is 12.1 Å². The lowest BCUT2D eigenvalue weighted by molar-refractivity contribution is -0.0366. The molecule has 3 fully saturated rings. The third-order valence-electron chi connectivity index (χ3n) is 11.5. The van der Waals surface area contributed by atoms with E-state index >= 15 is 0 Å². The number of fused-ring (bicyclic) bond motifs is 2. The van der Waals surface area contributed by atoms with Gasteiger partial charge in [-0.15, -0.1) is 0 Å². The zero-order chi connectivity index (χ0) is 38.6. The summed E-state index contributed by atoms with van der Waals surface area (Å²) in [5.41, 5.74) is 5.98. The molecule has 2 aromatic carbocycles. The Morgan fingerprint density at radius 2 is 1.89 bits per heavy atom. The molecule has 0 radical (unpaired) electrons. The predicted octanol–water partition coefficient (Wildman–Crippen LogP) is 6.25. The minimum Gasteiger partial charge on any atom is -0.462 e. The molecular weight excluding hydrogens is 721 g/mol. The summed E-state index contributed by atoms with van der Waals surface area (Å²) >= 11 is 0. The number of benzene rings is 2. The minimum absolute atomic E-state index is 0.0820. The largest absolute Gasteiger partial charge is 0.462 e. The van der Waals surface area contributed by atoms with Crippen molar-refractivity contribution in [2.45, 2.75) is 89.8 Å². The van der Waals surface area contributed by atoms with Crippen LogP contribution >= 0.6 is 0 Å². The smallest absolute Gasteiger partial charge is 0.410 e. The third-order valence-corrected chi connectivity index (χ3v) is 11.5. The summed E-state index contributed by atoms with van der Waals surface area (Å²) in [4.78, 5) is 31.2. The van der Waals surface area contributed by atoms with E-state index < -0.39 is 18.6 Å². The van der Waals surface area contributed by atoms with Gasteiger partial charge in [0.25, 0.3) is 6.43 Å². The van der Waals surface area contributed by atoms with Crippen LogP contribution in [0, 0.1) is 18.3 Å². The number of rotatable bonds is 11. The first-order chi connectivity index (χ1) is 27.4. The molecule has 0 aliphatic carbocycles. The number of nitriles is 1. The van der Waals surface area contributed by atoms with Gasteiger partial charge in [0.05, 0.1) is 54.7 Å². The molecule has 1 amide bonds. The van der Waals surface area contributed by atoms with Gasteiger partial charge in [-0.25, -0.2) is 18.3 Å². The van der Waals surface area contributed by atoms with Crippen molar-refractivity contribution < 1.29 is 27.8 Å². The first-order valence-electron chi connectivity index (χ1n) is 19.8. The molecule has 4 aliphatic rings. The number of amides is 1. The average Bonchev–Trinajstić information content (AvgIpc) is 3.85. The molecule has 13 nitrogen and oxygen atoms in total. The highest BCUT2D eigenvalue weighted by molar-refractivity contribution is 5.94. The van der Waals surface area contributed by atoms with Crippen LogP contribution in [0.25, 0.3) is 10.9 Å². The first kappa shape index (κ1) is 37.8. The number of carbonyl (C=O) groups is 1. The highest BCUT2D eigenvalue weighted by Gasteiger charge is 2.36. The van der Waals surface area contributed by atoms with E-state index in [2.05, 4.69) is 34.9 Å². The topological polar surface area (TPSA) is 125 Å². The van der Waals surface area contributed by atoms with Crippen molar-refractivity contribution in [1.29, 1.82) is 5.26 Å². The first-order valence-corrected chi connectivity index (χ1v) is 19.8. The molecule has 1 unspecified atom stereocenters. The van der Waals surface area contributed by atoms with Crippen LogP contribution in [-0.2, 0) is 29.0 Å². The Labute approximate surface area is 325 Å². The molecule has 3 saturated heterocycles. The van der Waals surface area contributed by atoms with Crippen molar-refractivity contribution in [3.05, 3.63) is 71.0 Å². The monoisotopic (exact) mass is 769 g/mol. The summed E-state index contributed by atoms with van der Waals surface area (Å²) in [6.45, 7) is 5.94. The van der Waals surface area contributed by atoms with E-state index in [4.69, 9.17) is 29.3 Å². The lowest BCUT2D eigenvalue weighted by Gasteiger charge is -2.42. The Morgan fingerprint density at radius 1 is 1.02 bits per heavy atom. The van der Waals surface area contributed by atoms with E-state index in [1.54, 1.807) is 9.80 Å². The van der Waals surface area contributed by atoms with E-state index in [0.29, 0.717) is 45.7 Å². The fraction of sp³-hybridized carbons (Fsp3) is 0.537. The van der Waals surface area contributed by atoms with Crippen LogP contribution in [0.5, 0.6) is 6.01 Å². The summed E-state index contributed by atoms with van der Waals surface area (Å²) < 4.78 is 46.8. The van der Waals surface area contributed by atoms with Gasteiger partial charge >= 0.3 is 12.1 Å². The summed E-state index contributed by atoms with van der Waals surface area (Å²) in [6.07, 6.45) is 4.48. The minimum atomic E-state index is -2.42. The summed E-state index contributed by atoms with van der Waals surface area (Å²) in [5, 5.41) is 15.7. The number of halogens is 2. The zero-order valence-corrected chi connectivity index (χ0v) is 31.9. The number of carbonyl (C=O) groups excluding carboxylic acids is 1. The van der Waals surface area contributed by atoms with Gasteiger partial charge in [-0.3, -0.25) is 4.90 Å². The van der Waals surface area contributed by atoms with Gasteiger partial charge in [-0.05, 0) is 69.2 Å². The van der Waals surface area contributed by atoms with Crippen LogP contribution in [0.3, 0.4) is 0 Å². The highest BCUT2D eigenvalue weighted by Crippen LogP contribution is 2.38. The van der Waals surface area contributed by atoms with E-state index in [0.717, 1.165) is 83.5 Å². The zero-order valence-electron chi connectivity index (χ0n) is 31.9. The summed E-state index contributed by atoms with van der Waals surface area (Å²) in [5.74, 6) is 0.720. The summed E-state index contributed by atoms with van der Waals surface area (Å²) in [6, 6.07) is 15.7. The number of aromatic nitrogens is 4. The van der Waals surface area contributed by atoms with Crippen LogP contribution in [0.4, 0.5) is 25.1 Å². The maximum Gasteiger partial charge on any atom is 0.410 e. The predicted molar refractivity (Wildman–Crippen MR) is 206 cm³/mol. The Bertz CT molecular complexity index is 2040. The third kappa shape index (κ3) is 8.08. The molecule has 296 valence electrons. The fourth-order valence-corrected chi connectivity index (χ4v) is 8.73. The molecule has 0 N–H and O–H groups in total. The standard InChI is InChI=1S/C41H49F2N9O4/c1-28-12-13-35-33(22-45-52(35)37-11-5-6-21-54-37)38(28)49-18-15-32-34(24-49)46-40(55-27-31-10-7-17-48(31)25-36(42)43)47-39(32)50-19-20-51(30(23-50)14-16-44)41(53)56-26-29-8-3-2-4-9-29/h2-4,8-9,12-13,22,30-31,36-37H,5-7,10-11,14-15,17-21,23-27H2,1H3/t30-,31-,37?/m0/s1. The van der Waals surface area contributed by atoms with Crippen LogP contribution in [-0.4, -0.2) is 107 Å². The molecule has 4 aromatic rings. The van der Waals surface area contributed by atoms with E-state index in [1.807, 2.05) is 41.2 Å². The molecule has 0 bridgehead atoms. The van der Waals surface area contributed by atoms with Gasteiger partial charge in [0.2, 0.25) is 0 Å². The average molecular weight is 770 g/mol. The second kappa shape index (κ2) is 17.0. The van der Waals surface area contributed by atoms with E-state index in [9.17, 15) is 18.8 Å². The molecule has 56 heavy (non-hydrogen) atoms. The van der Waals surface area contributed by atoms with Crippen molar-refractivity contribution >= 4 is 28.5 Å². The van der Waals surface area contributed by atoms with Gasteiger partial charge in [0.15, 0.2) is 6.23 Å². The van der Waals surface area contributed by atoms with E-state index in [1.165, 1.54) is 0 Å². The second-order valence-corrected chi connectivity index (χ2v) is 15.2. The Morgan fingerprint density at radius 3 is 2.70 bits per heavy atom. The Kier molecular flexibility index (Phi) is 11.5. The van der Waals surface area contributed by atoms with Crippen molar-refractivity contribution in [2.24, 2.45) is 0 Å². The lowest BCUT2D eigenvalue weighted by atomic mass is 10.0. The molecular formula is C41H49F2N9O4. The number of nitrogens with zero attached hydrogens (tertiary/aromatic N) is 9. The number of hydrogen-bond donors (Lipinski definition) is 0. The van der Waals surface area contributed by atoms with Gasteiger partial charge < -0.3 is 28.9 Å². The molecule has 0 saturated carbocycles. The number of likely N-dealkylation sites (tertiary alicyclic amines) is 1. The van der Waals surface area contributed by atoms with Crippen molar-refractivity contribution in [1.82, 2.24) is 29.5 Å². The van der Waals surface area contributed by atoms with Crippen LogP contribution in [0.2, 0.25) is 0 Å². The molecule has 15 heteroatoms. The molecule has 6 heterocycles. The fourth-order valence-electron chi connectivity index (χ4n) is 8.73. The molecule has 3 atom stereocenters. The molecule has 0 spiro atoms. The summed E-state index contributed by atoms with van der Waals surface area (Å²) in [7, 11) is 0. The molecule has 4 aliphatic heterocycles. The molecule has 2 aromatic heterocycles. The number of hydrogen-bond acceptors (Lipinski definition) is 11. The highest BCUT2D eigenvalue weighted by atomic mass is 19.3. The van der Waals surface area contributed by atoms with Crippen LogP contribution in [0.1, 0.15) is 67.1 Å². The Hall–Kier alpha value is -5.07. The molecule has 8 rings (SSSR count). The van der Waals surface area contributed by atoms with Gasteiger partial charge in [-0.1, -0.05) is 36.4 Å². The second-order valence-electron chi connectivity index (χ2n) is 15.2. The van der Waals surface area contributed by atoms with Gasteiger partial charge in [0.1, 0.15) is 19.0 Å². The quantitative estimate of drug-likeness (QED) is 0.172. The SMILES string of the molecule is Cc1ccc2c(cnn2C2CCCCO2)c1N1CCc2c(nc(OC[C@@H]3CCCN3CC(F)F)nc2N2CCN(C(=O)OCc3ccccc3)[C@@H](CC#N)C2)C1. The van der Waals surface area contributed by atoms with Crippen molar-refractivity contribution in [2.75, 3.05) is 62.3 Å². The van der Waals surface area contributed by atoms with Crippen LogP contribution in [0.15, 0.2) is 48.7 Å².